The number of hydrogen-bond donors (Lipinski definition) is 3. The van der Waals surface area contributed by atoms with Crippen LogP contribution in [0.4, 0.5) is 17.1 Å². The molecule has 2 amide bonds. The summed E-state index contributed by atoms with van der Waals surface area (Å²) in [4.78, 5) is 32.0. The van der Waals surface area contributed by atoms with Crippen LogP contribution in [0.15, 0.2) is 36.4 Å². The van der Waals surface area contributed by atoms with E-state index in [1.165, 1.54) is 11.5 Å². The lowest BCUT2D eigenvalue weighted by Gasteiger charge is -2.20. The number of aromatic nitrogens is 2. The fourth-order valence-electron chi connectivity index (χ4n) is 4.56. The molecule has 2 aliphatic heterocycles. The molecule has 1 atom stereocenters. The number of nitrogens with one attached hydrogen (secondary N) is 3. The number of hydrogen-bond acceptors (Lipinski definition) is 7. The molecule has 3 heterocycles. The van der Waals surface area contributed by atoms with Gasteiger partial charge in [0, 0.05) is 34.7 Å². The summed E-state index contributed by atoms with van der Waals surface area (Å²) >= 11 is 1.37. The molecular weight excluding hydrogens is 448 g/mol. The van der Waals surface area contributed by atoms with E-state index in [2.05, 4.69) is 25.3 Å². The summed E-state index contributed by atoms with van der Waals surface area (Å²) in [6.07, 6.45) is 2.60. The Morgan fingerprint density at radius 2 is 2.09 bits per heavy atom. The minimum absolute atomic E-state index is 0.00155. The Hall–Kier alpha value is -3.30. The average Bonchev–Trinajstić information content (AvgIpc) is 3.59. The minimum Gasteiger partial charge on any atom is -0.376 e. The number of rotatable bonds is 6. The summed E-state index contributed by atoms with van der Waals surface area (Å²) in [7, 11) is 0. The van der Waals surface area contributed by atoms with Crippen LogP contribution in [0.2, 0.25) is 0 Å². The Morgan fingerprint density at radius 3 is 2.85 bits per heavy atom. The SMILES string of the molecule is Cc1nsc(-c2ccc(C)c(NCC(=O)N3CCc4c(NC(=O)[C@H]5CCCN5)cccc43)c2)n1. The summed E-state index contributed by atoms with van der Waals surface area (Å²) in [6, 6.07) is 11.7. The van der Waals surface area contributed by atoms with Crippen molar-refractivity contribution >= 4 is 40.4 Å². The average molecular weight is 477 g/mol. The molecule has 3 aromatic rings. The lowest BCUT2D eigenvalue weighted by atomic mass is 10.1. The van der Waals surface area contributed by atoms with Crippen LogP contribution in [0.1, 0.15) is 29.8 Å². The Balaban J connectivity index is 1.27. The van der Waals surface area contributed by atoms with Gasteiger partial charge in [-0.3, -0.25) is 9.59 Å². The quantitative estimate of drug-likeness (QED) is 0.504. The molecule has 8 nitrogen and oxygen atoms in total. The molecule has 0 aliphatic carbocycles. The first kappa shape index (κ1) is 22.5. The molecule has 0 saturated carbocycles. The summed E-state index contributed by atoms with van der Waals surface area (Å²) in [5.74, 6) is 0.752. The van der Waals surface area contributed by atoms with Gasteiger partial charge in [-0.05, 0) is 74.9 Å². The standard InChI is InChI=1S/C25H28N6O2S/c1-15-8-9-17(25-28-16(2)30-34-25)13-21(15)27-14-23(32)31-12-10-18-19(5-3-7-22(18)31)29-24(33)20-6-4-11-26-20/h3,5,7-9,13,20,26-27H,4,6,10-12,14H2,1-2H3,(H,29,33)/t20-/m1/s1. The van der Waals surface area contributed by atoms with Crippen molar-refractivity contribution < 1.29 is 9.59 Å². The Morgan fingerprint density at radius 1 is 1.21 bits per heavy atom. The molecule has 2 aliphatic rings. The molecule has 0 bridgehead atoms. The molecular formula is C25H28N6O2S. The highest BCUT2D eigenvalue weighted by Crippen LogP contribution is 2.34. The normalized spacial score (nSPS) is 17.0. The van der Waals surface area contributed by atoms with Crippen molar-refractivity contribution in [3.63, 3.8) is 0 Å². The van der Waals surface area contributed by atoms with Gasteiger partial charge in [0.05, 0.1) is 12.6 Å². The maximum absolute atomic E-state index is 13.1. The number of amides is 2. The highest BCUT2D eigenvalue weighted by atomic mass is 32.1. The number of benzene rings is 2. The van der Waals surface area contributed by atoms with Gasteiger partial charge in [-0.2, -0.15) is 4.37 Å². The summed E-state index contributed by atoms with van der Waals surface area (Å²) in [5, 5.41) is 10.5. The van der Waals surface area contributed by atoms with Crippen molar-refractivity contribution in [1.29, 1.82) is 0 Å². The molecule has 1 saturated heterocycles. The van der Waals surface area contributed by atoms with Crippen LogP contribution in [0.3, 0.4) is 0 Å². The fraction of sp³-hybridized carbons (Fsp3) is 0.360. The largest absolute Gasteiger partial charge is 0.376 e. The Labute approximate surface area is 203 Å². The van der Waals surface area contributed by atoms with E-state index in [0.717, 1.165) is 70.4 Å². The van der Waals surface area contributed by atoms with Crippen LogP contribution < -0.4 is 20.9 Å². The van der Waals surface area contributed by atoms with Gasteiger partial charge in [0.1, 0.15) is 10.8 Å². The number of carbonyl (C=O) groups excluding carboxylic acids is 2. The van der Waals surface area contributed by atoms with Crippen LogP contribution in [-0.4, -0.2) is 46.8 Å². The van der Waals surface area contributed by atoms with E-state index in [-0.39, 0.29) is 24.4 Å². The Kier molecular flexibility index (Phi) is 6.30. The summed E-state index contributed by atoms with van der Waals surface area (Å²) < 4.78 is 4.26. The highest BCUT2D eigenvalue weighted by molar-refractivity contribution is 7.09. The van der Waals surface area contributed by atoms with E-state index in [1.807, 2.05) is 50.2 Å². The fourth-order valence-corrected chi connectivity index (χ4v) is 5.23. The first-order chi connectivity index (χ1) is 16.5. The molecule has 2 aromatic carbocycles. The lowest BCUT2D eigenvalue weighted by molar-refractivity contribution is -0.118. The number of nitrogens with zero attached hydrogens (tertiary/aromatic N) is 3. The van der Waals surface area contributed by atoms with Crippen LogP contribution in [0.25, 0.3) is 10.6 Å². The minimum atomic E-state index is -0.137. The molecule has 34 heavy (non-hydrogen) atoms. The van der Waals surface area contributed by atoms with E-state index < -0.39 is 0 Å². The maximum atomic E-state index is 13.1. The molecule has 176 valence electrons. The van der Waals surface area contributed by atoms with Crippen LogP contribution in [0.5, 0.6) is 0 Å². The number of aryl methyl sites for hydroxylation is 2. The van der Waals surface area contributed by atoms with Crippen molar-refractivity contribution in [1.82, 2.24) is 14.7 Å². The molecule has 1 aromatic heterocycles. The van der Waals surface area contributed by atoms with Gasteiger partial charge in [0.2, 0.25) is 11.8 Å². The second-order valence-electron chi connectivity index (χ2n) is 8.77. The number of anilines is 3. The molecule has 0 spiro atoms. The van der Waals surface area contributed by atoms with Crippen LogP contribution >= 0.6 is 11.5 Å². The van der Waals surface area contributed by atoms with E-state index in [9.17, 15) is 9.59 Å². The van der Waals surface area contributed by atoms with Gasteiger partial charge in [0.25, 0.3) is 0 Å². The Bertz CT molecular complexity index is 1230. The van der Waals surface area contributed by atoms with Gasteiger partial charge in [-0.15, -0.1) is 0 Å². The zero-order valence-corrected chi connectivity index (χ0v) is 20.2. The van der Waals surface area contributed by atoms with Crippen molar-refractivity contribution in [2.24, 2.45) is 0 Å². The zero-order valence-electron chi connectivity index (χ0n) is 19.4. The van der Waals surface area contributed by atoms with Gasteiger partial charge in [-0.25, -0.2) is 4.98 Å². The third kappa shape index (κ3) is 4.53. The molecule has 0 radical (unpaired) electrons. The topological polar surface area (TPSA) is 99.3 Å². The first-order valence-electron chi connectivity index (χ1n) is 11.6. The number of carbonyl (C=O) groups is 2. The summed E-state index contributed by atoms with van der Waals surface area (Å²) in [5.41, 5.74) is 5.64. The van der Waals surface area contributed by atoms with E-state index >= 15 is 0 Å². The van der Waals surface area contributed by atoms with Crippen molar-refractivity contribution in [2.45, 2.75) is 39.2 Å². The van der Waals surface area contributed by atoms with Crippen molar-refractivity contribution in [3.05, 3.63) is 53.3 Å². The maximum Gasteiger partial charge on any atom is 0.246 e. The second-order valence-corrected chi connectivity index (χ2v) is 9.52. The zero-order chi connectivity index (χ0) is 23.7. The first-order valence-corrected chi connectivity index (χ1v) is 12.4. The smallest absolute Gasteiger partial charge is 0.246 e. The number of fused-ring (bicyclic) bond motifs is 1. The van der Waals surface area contributed by atoms with Gasteiger partial charge < -0.3 is 20.9 Å². The molecule has 5 rings (SSSR count). The molecule has 3 N–H and O–H groups in total. The van der Waals surface area contributed by atoms with Crippen molar-refractivity contribution in [3.8, 4) is 10.6 Å². The van der Waals surface area contributed by atoms with E-state index in [4.69, 9.17) is 0 Å². The van der Waals surface area contributed by atoms with Crippen molar-refractivity contribution in [2.75, 3.05) is 35.2 Å². The summed E-state index contributed by atoms with van der Waals surface area (Å²) in [6.45, 7) is 5.56. The van der Waals surface area contributed by atoms with E-state index in [1.54, 1.807) is 4.90 Å². The lowest BCUT2D eigenvalue weighted by Crippen LogP contribution is -2.35. The molecule has 0 unspecified atom stereocenters. The van der Waals surface area contributed by atoms with Gasteiger partial charge in [0.15, 0.2) is 0 Å². The second kappa shape index (κ2) is 9.52. The van der Waals surface area contributed by atoms with Gasteiger partial charge in [-0.1, -0.05) is 18.2 Å². The molecule has 1 fully saturated rings. The van der Waals surface area contributed by atoms with Gasteiger partial charge >= 0.3 is 0 Å². The third-order valence-corrected chi connectivity index (χ3v) is 7.26. The van der Waals surface area contributed by atoms with Crippen LogP contribution in [-0.2, 0) is 16.0 Å². The van der Waals surface area contributed by atoms with E-state index in [0.29, 0.717) is 6.54 Å². The monoisotopic (exact) mass is 476 g/mol. The van der Waals surface area contributed by atoms with Crippen LogP contribution in [0, 0.1) is 13.8 Å². The highest BCUT2D eigenvalue weighted by Gasteiger charge is 2.28. The molecule has 9 heteroatoms. The third-order valence-electron chi connectivity index (χ3n) is 6.41. The predicted octanol–water partition coefficient (Wildman–Crippen LogP) is 3.51. The predicted molar refractivity (Wildman–Crippen MR) is 135 cm³/mol.